The fraction of sp³-hybridized carbons (Fsp3) is 0.105. The highest BCUT2D eigenvalue weighted by Gasteiger charge is 2.13. The number of nitrogens with zero attached hydrogens (tertiary/aromatic N) is 1. The molecule has 3 N–H and O–H groups in total. The van der Waals surface area contributed by atoms with Crippen LogP contribution in [0.5, 0.6) is 5.75 Å². The van der Waals surface area contributed by atoms with Crippen LogP contribution in [0.25, 0.3) is 6.08 Å². The summed E-state index contributed by atoms with van der Waals surface area (Å²) in [5, 5.41) is 11.8. The highest BCUT2D eigenvalue weighted by atomic mass is 16.5. The van der Waals surface area contributed by atoms with Crippen LogP contribution in [0, 0.1) is 11.3 Å². The maximum Gasteiger partial charge on any atom is 0.266 e. The predicted molar refractivity (Wildman–Crippen MR) is 94.8 cm³/mol. The average Bonchev–Trinajstić information content (AvgIpc) is 2.61. The summed E-state index contributed by atoms with van der Waals surface area (Å²) in [5.41, 5.74) is 6.30. The molecule has 126 valence electrons. The predicted octanol–water partition coefficient (Wildman–Crippen LogP) is 2.73. The Hall–Kier alpha value is -3.59. The third-order valence-electron chi connectivity index (χ3n) is 3.31. The zero-order chi connectivity index (χ0) is 18.2. The van der Waals surface area contributed by atoms with Crippen molar-refractivity contribution in [1.82, 2.24) is 0 Å². The van der Waals surface area contributed by atoms with Gasteiger partial charge in [0.2, 0.25) is 0 Å². The molecule has 0 saturated heterocycles. The van der Waals surface area contributed by atoms with E-state index in [0.717, 1.165) is 0 Å². The van der Waals surface area contributed by atoms with Crippen LogP contribution in [0.4, 0.5) is 5.69 Å². The number of para-hydroxylation sites is 1. The van der Waals surface area contributed by atoms with Crippen molar-refractivity contribution in [3.8, 4) is 11.8 Å². The standard InChI is InChI=1S/C19H17N3O3/c1-2-25-15-9-7-13(8-10-15)11-14(12-20)19(24)22-17-6-4-3-5-16(17)18(21)23/h3-11H,2H2,1H3,(H2,21,23)(H,22,24)/b14-11+. The van der Waals surface area contributed by atoms with Gasteiger partial charge < -0.3 is 15.8 Å². The molecule has 0 bridgehead atoms. The number of benzene rings is 2. The first-order valence-electron chi connectivity index (χ1n) is 7.60. The molecule has 0 aromatic heterocycles. The molecule has 0 spiro atoms. The maximum atomic E-state index is 12.3. The number of primary amides is 1. The Bertz CT molecular complexity index is 849. The number of ether oxygens (including phenoxy) is 1. The van der Waals surface area contributed by atoms with Gasteiger partial charge in [-0.05, 0) is 42.8 Å². The summed E-state index contributed by atoms with van der Waals surface area (Å²) < 4.78 is 5.35. The molecule has 2 aromatic carbocycles. The van der Waals surface area contributed by atoms with E-state index in [0.29, 0.717) is 17.9 Å². The van der Waals surface area contributed by atoms with Gasteiger partial charge in [0.1, 0.15) is 17.4 Å². The molecule has 0 unspecified atom stereocenters. The number of amides is 2. The van der Waals surface area contributed by atoms with E-state index in [-0.39, 0.29) is 16.8 Å². The molecule has 25 heavy (non-hydrogen) atoms. The van der Waals surface area contributed by atoms with Gasteiger partial charge in [-0.15, -0.1) is 0 Å². The highest BCUT2D eigenvalue weighted by molar-refractivity contribution is 6.12. The molecule has 0 fully saturated rings. The van der Waals surface area contributed by atoms with E-state index in [9.17, 15) is 14.9 Å². The van der Waals surface area contributed by atoms with Gasteiger partial charge in [0.05, 0.1) is 17.9 Å². The molecule has 0 heterocycles. The number of hydrogen-bond donors (Lipinski definition) is 2. The van der Waals surface area contributed by atoms with Crippen molar-refractivity contribution in [1.29, 1.82) is 5.26 Å². The van der Waals surface area contributed by atoms with Gasteiger partial charge in [-0.25, -0.2) is 0 Å². The molecular formula is C19H17N3O3. The third-order valence-corrected chi connectivity index (χ3v) is 3.31. The summed E-state index contributed by atoms with van der Waals surface area (Å²) in [6, 6.07) is 15.2. The molecule has 0 aliphatic heterocycles. The lowest BCUT2D eigenvalue weighted by molar-refractivity contribution is -0.112. The van der Waals surface area contributed by atoms with Gasteiger partial charge in [-0.1, -0.05) is 24.3 Å². The number of anilines is 1. The first-order chi connectivity index (χ1) is 12.0. The zero-order valence-corrected chi connectivity index (χ0v) is 13.7. The quantitative estimate of drug-likeness (QED) is 0.625. The fourth-order valence-corrected chi connectivity index (χ4v) is 2.14. The van der Waals surface area contributed by atoms with Crippen LogP contribution in [-0.4, -0.2) is 18.4 Å². The molecule has 0 aliphatic rings. The number of rotatable bonds is 6. The Labute approximate surface area is 145 Å². The lowest BCUT2D eigenvalue weighted by Gasteiger charge is -2.08. The second-order valence-electron chi connectivity index (χ2n) is 5.04. The van der Waals surface area contributed by atoms with E-state index < -0.39 is 11.8 Å². The number of hydrogen-bond acceptors (Lipinski definition) is 4. The van der Waals surface area contributed by atoms with Crippen LogP contribution in [0.3, 0.4) is 0 Å². The van der Waals surface area contributed by atoms with Crippen molar-refractivity contribution in [2.75, 3.05) is 11.9 Å². The number of carbonyl (C=O) groups is 2. The first-order valence-corrected chi connectivity index (χ1v) is 7.60. The molecule has 6 heteroatoms. The minimum atomic E-state index is -0.662. The topological polar surface area (TPSA) is 105 Å². The van der Waals surface area contributed by atoms with E-state index in [4.69, 9.17) is 10.5 Å². The Balaban J connectivity index is 2.21. The lowest BCUT2D eigenvalue weighted by atomic mass is 10.1. The van der Waals surface area contributed by atoms with E-state index in [1.807, 2.05) is 13.0 Å². The zero-order valence-electron chi connectivity index (χ0n) is 13.7. The van der Waals surface area contributed by atoms with Gasteiger partial charge in [-0.3, -0.25) is 9.59 Å². The van der Waals surface area contributed by atoms with Gasteiger partial charge >= 0.3 is 0 Å². The molecule has 2 aromatic rings. The van der Waals surface area contributed by atoms with Crippen molar-refractivity contribution in [3.05, 3.63) is 65.2 Å². The normalized spacial score (nSPS) is 10.6. The Morgan fingerprint density at radius 2 is 1.88 bits per heavy atom. The van der Waals surface area contributed by atoms with Crippen LogP contribution in [0.1, 0.15) is 22.8 Å². The monoisotopic (exact) mass is 335 g/mol. The molecule has 6 nitrogen and oxygen atoms in total. The largest absolute Gasteiger partial charge is 0.494 e. The summed E-state index contributed by atoms with van der Waals surface area (Å²) in [6.45, 7) is 2.44. The summed E-state index contributed by atoms with van der Waals surface area (Å²) in [7, 11) is 0. The molecule has 2 rings (SSSR count). The van der Waals surface area contributed by atoms with Crippen LogP contribution < -0.4 is 15.8 Å². The van der Waals surface area contributed by atoms with E-state index in [1.54, 1.807) is 42.5 Å². The van der Waals surface area contributed by atoms with Gasteiger partial charge in [-0.2, -0.15) is 5.26 Å². The molecule has 2 amide bonds. The van der Waals surface area contributed by atoms with Gasteiger partial charge in [0.15, 0.2) is 0 Å². The number of nitriles is 1. The van der Waals surface area contributed by atoms with Crippen LogP contribution in [0.2, 0.25) is 0 Å². The summed E-state index contributed by atoms with van der Waals surface area (Å²) in [4.78, 5) is 23.7. The van der Waals surface area contributed by atoms with Gasteiger partial charge in [0, 0.05) is 0 Å². The Morgan fingerprint density at radius 1 is 1.20 bits per heavy atom. The minimum Gasteiger partial charge on any atom is -0.494 e. The number of nitrogens with two attached hydrogens (primary N) is 1. The molecule has 0 atom stereocenters. The van der Waals surface area contributed by atoms with Crippen molar-refractivity contribution in [3.63, 3.8) is 0 Å². The first kappa shape index (κ1) is 17.8. The second-order valence-corrected chi connectivity index (χ2v) is 5.04. The van der Waals surface area contributed by atoms with Crippen molar-refractivity contribution in [2.24, 2.45) is 5.73 Å². The van der Waals surface area contributed by atoms with Crippen LogP contribution in [0.15, 0.2) is 54.1 Å². The number of nitrogens with one attached hydrogen (secondary N) is 1. The summed E-state index contributed by atoms with van der Waals surface area (Å²) in [5.74, 6) is -0.576. The molecule has 0 aliphatic carbocycles. The van der Waals surface area contributed by atoms with E-state index in [1.165, 1.54) is 12.1 Å². The van der Waals surface area contributed by atoms with Crippen molar-refractivity contribution < 1.29 is 14.3 Å². The average molecular weight is 335 g/mol. The molecule has 0 saturated carbocycles. The number of carbonyl (C=O) groups excluding carboxylic acids is 2. The van der Waals surface area contributed by atoms with Crippen molar-refractivity contribution >= 4 is 23.6 Å². The smallest absolute Gasteiger partial charge is 0.266 e. The summed E-state index contributed by atoms with van der Waals surface area (Å²) >= 11 is 0. The highest BCUT2D eigenvalue weighted by Crippen LogP contribution is 2.17. The van der Waals surface area contributed by atoms with Crippen LogP contribution in [-0.2, 0) is 4.79 Å². The van der Waals surface area contributed by atoms with Gasteiger partial charge in [0.25, 0.3) is 11.8 Å². The molecular weight excluding hydrogens is 318 g/mol. The second kappa shape index (κ2) is 8.31. The fourth-order valence-electron chi connectivity index (χ4n) is 2.14. The van der Waals surface area contributed by atoms with E-state index >= 15 is 0 Å². The van der Waals surface area contributed by atoms with Crippen molar-refractivity contribution in [2.45, 2.75) is 6.92 Å². The molecule has 0 radical (unpaired) electrons. The third kappa shape index (κ3) is 4.69. The minimum absolute atomic E-state index is 0.0940. The lowest BCUT2D eigenvalue weighted by Crippen LogP contribution is -2.19. The van der Waals surface area contributed by atoms with E-state index in [2.05, 4.69) is 5.32 Å². The Kier molecular flexibility index (Phi) is 5.91. The SMILES string of the molecule is CCOc1ccc(/C=C(\C#N)C(=O)Nc2ccccc2C(N)=O)cc1. The Morgan fingerprint density at radius 3 is 2.48 bits per heavy atom. The maximum absolute atomic E-state index is 12.3. The van der Waals surface area contributed by atoms with Crippen LogP contribution >= 0.6 is 0 Å². The summed E-state index contributed by atoms with van der Waals surface area (Å²) in [6.07, 6.45) is 1.46.